The molecule has 0 unspecified atom stereocenters. The van der Waals surface area contributed by atoms with Gasteiger partial charge in [0.2, 0.25) is 0 Å². The first-order valence-corrected chi connectivity index (χ1v) is 7.61. The highest BCUT2D eigenvalue weighted by atomic mass is 16.6. The molecule has 0 saturated carbocycles. The topological polar surface area (TPSA) is 64.6 Å². The molecule has 0 aromatic heterocycles. The number of alkyl carbamates (subject to hydrolysis) is 1. The van der Waals surface area contributed by atoms with Gasteiger partial charge in [-0.05, 0) is 25.2 Å². The number of esters is 1. The van der Waals surface area contributed by atoms with Gasteiger partial charge in [0, 0.05) is 0 Å². The maximum atomic E-state index is 11.9. The largest absolute Gasteiger partial charge is 0.464 e. The van der Waals surface area contributed by atoms with E-state index in [1.807, 2.05) is 27.7 Å². The third-order valence-electron chi connectivity index (χ3n) is 2.76. The summed E-state index contributed by atoms with van der Waals surface area (Å²) in [4.78, 5) is 23.5. The van der Waals surface area contributed by atoms with Crippen molar-refractivity contribution >= 4 is 12.1 Å². The summed E-state index contributed by atoms with van der Waals surface area (Å²) >= 11 is 0. The zero-order valence-electron chi connectivity index (χ0n) is 13.2. The Hall–Kier alpha value is -1.26. The molecule has 0 saturated heterocycles. The van der Waals surface area contributed by atoms with Gasteiger partial charge in [-0.15, -0.1) is 0 Å². The molecule has 0 fully saturated rings. The number of unbranched alkanes of at least 4 members (excludes halogenated alkanes) is 2. The van der Waals surface area contributed by atoms with E-state index in [1.165, 1.54) is 0 Å². The molecule has 1 atom stereocenters. The van der Waals surface area contributed by atoms with Crippen LogP contribution in [-0.4, -0.2) is 31.3 Å². The first-order chi connectivity index (χ1) is 9.51. The van der Waals surface area contributed by atoms with Crippen molar-refractivity contribution in [2.24, 2.45) is 5.92 Å². The molecule has 0 heterocycles. The number of hydrogen-bond donors (Lipinski definition) is 1. The molecule has 0 aliphatic carbocycles. The molecule has 5 heteroatoms. The van der Waals surface area contributed by atoms with Crippen LogP contribution in [0.2, 0.25) is 0 Å². The first-order valence-electron chi connectivity index (χ1n) is 7.61. The predicted molar refractivity (Wildman–Crippen MR) is 78.5 cm³/mol. The number of hydrogen-bond acceptors (Lipinski definition) is 4. The Morgan fingerprint density at radius 2 is 1.55 bits per heavy atom. The van der Waals surface area contributed by atoms with E-state index in [-0.39, 0.29) is 11.9 Å². The molecule has 0 aromatic rings. The Morgan fingerprint density at radius 1 is 1.00 bits per heavy atom. The Balaban J connectivity index is 4.25. The minimum atomic E-state index is -0.624. The molecule has 1 amide bonds. The lowest BCUT2D eigenvalue weighted by atomic mass is 10.0. The van der Waals surface area contributed by atoms with Crippen LogP contribution >= 0.6 is 0 Å². The van der Waals surface area contributed by atoms with Gasteiger partial charge in [0.15, 0.2) is 0 Å². The molecule has 0 spiro atoms. The van der Waals surface area contributed by atoms with E-state index in [1.54, 1.807) is 0 Å². The Labute approximate surface area is 122 Å². The number of carbonyl (C=O) groups excluding carboxylic acids is 2. The second-order valence-corrected chi connectivity index (χ2v) is 5.34. The number of rotatable bonds is 10. The number of carbonyl (C=O) groups is 2. The molecule has 0 aliphatic rings. The van der Waals surface area contributed by atoms with Crippen molar-refractivity contribution in [1.82, 2.24) is 5.32 Å². The Morgan fingerprint density at radius 3 is 2.05 bits per heavy atom. The molecular weight excluding hydrogens is 258 g/mol. The molecule has 0 bridgehead atoms. The fraction of sp³-hybridized carbons (Fsp3) is 0.867. The molecule has 0 radical (unpaired) electrons. The summed E-state index contributed by atoms with van der Waals surface area (Å²) in [5.41, 5.74) is 0. The fourth-order valence-electron chi connectivity index (χ4n) is 1.60. The number of nitrogens with one attached hydrogen (secondary N) is 1. The normalized spacial score (nSPS) is 12.1. The van der Waals surface area contributed by atoms with Crippen LogP contribution in [-0.2, 0) is 14.3 Å². The summed E-state index contributed by atoms with van der Waals surface area (Å²) in [6, 6.07) is -0.624. The molecule has 0 rings (SSSR count). The van der Waals surface area contributed by atoms with Crippen LogP contribution < -0.4 is 5.32 Å². The molecule has 5 nitrogen and oxygen atoms in total. The second-order valence-electron chi connectivity index (χ2n) is 5.34. The highest BCUT2D eigenvalue weighted by Gasteiger charge is 2.23. The van der Waals surface area contributed by atoms with Gasteiger partial charge in [0.25, 0.3) is 0 Å². The van der Waals surface area contributed by atoms with E-state index in [2.05, 4.69) is 5.32 Å². The van der Waals surface area contributed by atoms with E-state index in [4.69, 9.17) is 9.47 Å². The average molecular weight is 287 g/mol. The lowest BCUT2D eigenvalue weighted by Gasteiger charge is -2.19. The summed E-state index contributed by atoms with van der Waals surface area (Å²) in [5, 5.41) is 2.60. The molecular formula is C15H29NO4. The van der Waals surface area contributed by atoms with Crippen LogP contribution in [0, 0.1) is 5.92 Å². The van der Waals surface area contributed by atoms with Crippen LogP contribution in [0.1, 0.15) is 59.8 Å². The van der Waals surface area contributed by atoms with Crippen LogP contribution in [0.25, 0.3) is 0 Å². The van der Waals surface area contributed by atoms with E-state index in [0.29, 0.717) is 19.6 Å². The van der Waals surface area contributed by atoms with Gasteiger partial charge in [-0.1, -0.05) is 40.5 Å². The van der Waals surface area contributed by atoms with E-state index in [0.717, 1.165) is 25.7 Å². The molecule has 0 aliphatic heterocycles. The minimum Gasteiger partial charge on any atom is -0.464 e. The van der Waals surface area contributed by atoms with Gasteiger partial charge in [0.1, 0.15) is 6.04 Å². The van der Waals surface area contributed by atoms with Crippen molar-refractivity contribution in [3.63, 3.8) is 0 Å². The zero-order valence-corrected chi connectivity index (χ0v) is 13.2. The lowest BCUT2D eigenvalue weighted by Crippen LogP contribution is -2.43. The third kappa shape index (κ3) is 9.64. The monoisotopic (exact) mass is 287 g/mol. The highest BCUT2D eigenvalue weighted by Crippen LogP contribution is 2.07. The average Bonchev–Trinajstić information content (AvgIpc) is 2.38. The zero-order chi connectivity index (χ0) is 15.4. The van der Waals surface area contributed by atoms with Crippen LogP contribution in [0.3, 0.4) is 0 Å². The fourth-order valence-corrected chi connectivity index (χ4v) is 1.60. The van der Waals surface area contributed by atoms with Crippen molar-refractivity contribution < 1.29 is 19.1 Å². The first kappa shape index (κ1) is 18.7. The van der Waals surface area contributed by atoms with Gasteiger partial charge in [-0.2, -0.15) is 0 Å². The van der Waals surface area contributed by atoms with Crippen molar-refractivity contribution in [2.45, 2.75) is 65.8 Å². The van der Waals surface area contributed by atoms with Crippen molar-refractivity contribution in [1.29, 1.82) is 0 Å². The van der Waals surface area contributed by atoms with Gasteiger partial charge < -0.3 is 14.8 Å². The van der Waals surface area contributed by atoms with Gasteiger partial charge >= 0.3 is 12.1 Å². The summed E-state index contributed by atoms with van der Waals surface area (Å²) in [7, 11) is 0. The van der Waals surface area contributed by atoms with Gasteiger partial charge in [-0.3, -0.25) is 0 Å². The van der Waals surface area contributed by atoms with E-state index < -0.39 is 12.1 Å². The van der Waals surface area contributed by atoms with Crippen molar-refractivity contribution in [2.75, 3.05) is 13.2 Å². The van der Waals surface area contributed by atoms with E-state index >= 15 is 0 Å². The summed E-state index contributed by atoms with van der Waals surface area (Å²) in [5.74, 6) is -0.0886. The number of ether oxygens (including phenoxy) is 2. The van der Waals surface area contributed by atoms with Gasteiger partial charge in [0.05, 0.1) is 13.2 Å². The van der Waals surface area contributed by atoms with Crippen LogP contribution in [0.15, 0.2) is 0 Å². The summed E-state index contributed by atoms with van der Waals surface area (Å²) in [6.45, 7) is 8.82. The van der Waals surface area contributed by atoms with Crippen molar-refractivity contribution in [3.8, 4) is 0 Å². The van der Waals surface area contributed by atoms with Crippen molar-refractivity contribution in [3.05, 3.63) is 0 Å². The van der Waals surface area contributed by atoms with Gasteiger partial charge in [-0.25, -0.2) is 9.59 Å². The standard InChI is InChI=1S/C15H29NO4/c1-5-7-9-19-14(17)13(11-12(3)4)16-15(18)20-10-8-6-2/h12-13H,5-11H2,1-4H3,(H,16,18)/t13-/m0/s1. The SMILES string of the molecule is CCCCOC(=O)N[C@@H](CC(C)C)C(=O)OCCCC. The summed E-state index contributed by atoms with van der Waals surface area (Å²) in [6.07, 6.45) is 3.59. The lowest BCUT2D eigenvalue weighted by molar-refractivity contribution is -0.146. The maximum Gasteiger partial charge on any atom is 0.407 e. The van der Waals surface area contributed by atoms with Crippen LogP contribution in [0.5, 0.6) is 0 Å². The van der Waals surface area contributed by atoms with Crippen LogP contribution in [0.4, 0.5) is 4.79 Å². The molecule has 0 aromatic carbocycles. The third-order valence-corrected chi connectivity index (χ3v) is 2.76. The molecule has 20 heavy (non-hydrogen) atoms. The molecule has 1 N–H and O–H groups in total. The molecule has 118 valence electrons. The highest BCUT2D eigenvalue weighted by molar-refractivity contribution is 5.81. The minimum absolute atomic E-state index is 0.287. The second kappa shape index (κ2) is 11.6. The van der Waals surface area contributed by atoms with E-state index in [9.17, 15) is 9.59 Å². The summed E-state index contributed by atoms with van der Waals surface area (Å²) < 4.78 is 10.2. The maximum absolute atomic E-state index is 11.9. The Kier molecular flexibility index (Phi) is 10.8. The Bertz CT molecular complexity index is 279. The smallest absolute Gasteiger partial charge is 0.407 e. The predicted octanol–water partition coefficient (Wildman–Crippen LogP) is 3.27. The quantitative estimate of drug-likeness (QED) is 0.495. The number of amides is 1.